The lowest BCUT2D eigenvalue weighted by Gasteiger charge is -1.99. The van der Waals surface area contributed by atoms with Crippen molar-refractivity contribution in [2.24, 2.45) is 7.05 Å². The first-order chi connectivity index (χ1) is 6.63. The Kier molecular flexibility index (Phi) is 2.02. The van der Waals surface area contributed by atoms with E-state index >= 15 is 0 Å². The minimum Gasteiger partial charge on any atom is -0.316 e. The summed E-state index contributed by atoms with van der Waals surface area (Å²) in [6, 6.07) is 2.08. The Bertz CT molecular complexity index is 483. The average molecular weight is 189 g/mol. The first-order valence-corrected chi connectivity index (χ1v) is 4.93. The van der Waals surface area contributed by atoms with Crippen LogP contribution in [0.15, 0.2) is 6.07 Å². The van der Waals surface area contributed by atoms with Gasteiger partial charge in [-0.2, -0.15) is 0 Å². The predicted octanol–water partition coefficient (Wildman–Crippen LogP) is 2.15. The maximum Gasteiger partial charge on any atom is 0.160 e. The molecule has 74 valence electrons. The Morgan fingerprint density at radius 2 is 2.00 bits per heavy atom. The fourth-order valence-corrected chi connectivity index (χ4v) is 1.82. The third kappa shape index (κ3) is 1.20. The Morgan fingerprint density at radius 1 is 1.29 bits per heavy atom. The summed E-state index contributed by atoms with van der Waals surface area (Å²) in [6.07, 6.45) is 0.950. The van der Waals surface area contributed by atoms with Gasteiger partial charge in [0.05, 0.1) is 0 Å². The lowest BCUT2D eigenvalue weighted by Crippen LogP contribution is -1.96. The molecule has 2 rings (SSSR count). The molecular formula is C11H15N3. The van der Waals surface area contributed by atoms with Gasteiger partial charge in [-0.1, -0.05) is 6.92 Å². The summed E-state index contributed by atoms with van der Waals surface area (Å²) >= 11 is 0. The SMILES string of the molecule is CCc1nc2c(C)cc(C)nc2n1C. The van der Waals surface area contributed by atoms with Crippen LogP contribution in [0.5, 0.6) is 0 Å². The quantitative estimate of drug-likeness (QED) is 0.688. The number of hydrogen-bond donors (Lipinski definition) is 0. The highest BCUT2D eigenvalue weighted by Gasteiger charge is 2.09. The fourth-order valence-electron chi connectivity index (χ4n) is 1.82. The zero-order valence-corrected chi connectivity index (χ0v) is 9.13. The number of rotatable bonds is 1. The summed E-state index contributed by atoms with van der Waals surface area (Å²) in [5.74, 6) is 1.10. The number of nitrogens with zero attached hydrogens (tertiary/aromatic N) is 3. The lowest BCUT2D eigenvalue weighted by molar-refractivity contribution is 0.820. The van der Waals surface area contributed by atoms with Crippen LogP contribution in [0.4, 0.5) is 0 Å². The molecule has 0 aromatic carbocycles. The number of hydrogen-bond acceptors (Lipinski definition) is 2. The highest BCUT2D eigenvalue weighted by atomic mass is 15.1. The minimum absolute atomic E-state index is 0.950. The van der Waals surface area contributed by atoms with Crippen LogP contribution in [-0.2, 0) is 13.5 Å². The Morgan fingerprint density at radius 3 is 2.64 bits per heavy atom. The first kappa shape index (κ1) is 9.19. The van der Waals surface area contributed by atoms with Crippen molar-refractivity contribution in [2.45, 2.75) is 27.2 Å². The summed E-state index contributed by atoms with van der Waals surface area (Å²) < 4.78 is 2.08. The molecule has 0 atom stereocenters. The summed E-state index contributed by atoms with van der Waals surface area (Å²) in [5, 5.41) is 0. The molecule has 2 aromatic rings. The number of pyridine rings is 1. The molecule has 14 heavy (non-hydrogen) atoms. The van der Waals surface area contributed by atoms with Crippen LogP contribution in [0.25, 0.3) is 11.2 Å². The smallest absolute Gasteiger partial charge is 0.160 e. The number of aryl methyl sites for hydroxylation is 4. The summed E-state index contributed by atoms with van der Waals surface area (Å²) in [6.45, 7) is 6.22. The second-order valence-corrected chi connectivity index (χ2v) is 3.69. The van der Waals surface area contributed by atoms with Crippen molar-refractivity contribution >= 4 is 11.2 Å². The molecule has 0 aliphatic carbocycles. The summed E-state index contributed by atoms with van der Waals surface area (Å²) in [7, 11) is 2.03. The van der Waals surface area contributed by atoms with Gasteiger partial charge in [-0.05, 0) is 25.5 Å². The molecule has 0 aliphatic heterocycles. The molecule has 3 heteroatoms. The van der Waals surface area contributed by atoms with Crippen molar-refractivity contribution in [3.05, 3.63) is 23.1 Å². The first-order valence-electron chi connectivity index (χ1n) is 4.93. The molecule has 0 spiro atoms. The summed E-state index contributed by atoms with van der Waals surface area (Å²) in [4.78, 5) is 9.08. The maximum atomic E-state index is 4.57. The van der Waals surface area contributed by atoms with Gasteiger partial charge in [0.2, 0.25) is 0 Å². The van der Waals surface area contributed by atoms with E-state index in [1.165, 1.54) is 5.56 Å². The van der Waals surface area contributed by atoms with Crippen LogP contribution >= 0.6 is 0 Å². The van der Waals surface area contributed by atoms with E-state index < -0.39 is 0 Å². The zero-order valence-electron chi connectivity index (χ0n) is 9.13. The van der Waals surface area contributed by atoms with E-state index in [0.717, 1.165) is 29.1 Å². The van der Waals surface area contributed by atoms with Gasteiger partial charge >= 0.3 is 0 Å². The number of aromatic nitrogens is 3. The largest absolute Gasteiger partial charge is 0.316 e. The van der Waals surface area contributed by atoms with Gasteiger partial charge in [-0.3, -0.25) is 0 Å². The molecule has 0 bridgehead atoms. The van der Waals surface area contributed by atoms with Crippen molar-refractivity contribution in [2.75, 3.05) is 0 Å². The molecule has 0 unspecified atom stereocenters. The van der Waals surface area contributed by atoms with E-state index in [1.54, 1.807) is 0 Å². The van der Waals surface area contributed by atoms with Gasteiger partial charge in [0.1, 0.15) is 11.3 Å². The van der Waals surface area contributed by atoms with Gasteiger partial charge in [-0.25, -0.2) is 9.97 Å². The van der Waals surface area contributed by atoms with Gasteiger partial charge in [-0.15, -0.1) is 0 Å². The van der Waals surface area contributed by atoms with Crippen molar-refractivity contribution in [1.29, 1.82) is 0 Å². The van der Waals surface area contributed by atoms with Crippen LogP contribution in [0, 0.1) is 13.8 Å². The van der Waals surface area contributed by atoms with Gasteiger partial charge in [0, 0.05) is 19.2 Å². The minimum atomic E-state index is 0.950. The predicted molar refractivity (Wildman–Crippen MR) is 57.4 cm³/mol. The highest BCUT2D eigenvalue weighted by Crippen LogP contribution is 2.17. The van der Waals surface area contributed by atoms with Crippen LogP contribution < -0.4 is 0 Å². The molecule has 0 fully saturated rings. The molecule has 0 N–H and O–H groups in total. The van der Waals surface area contributed by atoms with Crippen molar-refractivity contribution < 1.29 is 0 Å². The number of fused-ring (bicyclic) bond motifs is 1. The van der Waals surface area contributed by atoms with Gasteiger partial charge < -0.3 is 4.57 Å². The molecule has 0 saturated heterocycles. The van der Waals surface area contributed by atoms with Gasteiger partial charge in [0.25, 0.3) is 0 Å². The van der Waals surface area contributed by atoms with E-state index in [-0.39, 0.29) is 0 Å². The molecular weight excluding hydrogens is 174 g/mol. The standard InChI is InChI=1S/C11H15N3/c1-5-9-13-10-7(2)6-8(3)12-11(10)14(9)4/h6H,5H2,1-4H3. The van der Waals surface area contributed by atoms with Crippen molar-refractivity contribution in [1.82, 2.24) is 14.5 Å². The average Bonchev–Trinajstić information content (AvgIpc) is 2.44. The van der Waals surface area contributed by atoms with E-state index in [9.17, 15) is 0 Å². The normalized spacial score (nSPS) is 11.1. The van der Waals surface area contributed by atoms with E-state index in [4.69, 9.17) is 0 Å². The Labute approximate surface area is 83.8 Å². The van der Waals surface area contributed by atoms with Crippen LogP contribution in [0.3, 0.4) is 0 Å². The topological polar surface area (TPSA) is 30.7 Å². The summed E-state index contributed by atoms with van der Waals surface area (Å²) in [5.41, 5.74) is 4.30. The van der Waals surface area contributed by atoms with Crippen LogP contribution in [0.2, 0.25) is 0 Å². The third-order valence-corrected chi connectivity index (χ3v) is 2.55. The molecule has 3 nitrogen and oxygen atoms in total. The van der Waals surface area contributed by atoms with E-state index in [1.807, 2.05) is 14.0 Å². The van der Waals surface area contributed by atoms with Crippen LogP contribution in [-0.4, -0.2) is 14.5 Å². The molecule has 2 heterocycles. The molecule has 0 radical (unpaired) electrons. The van der Waals surface area contributed by atoms with Crippen LogP contribution in [0.1, 0.15) is 24.0 Å². The number of imidazole rings is 1. The fraction of sp³-hybridized carbons (Fsp3) is 0.455. The molecule has 2 aromatic heterocycles. The lowest BCUT2D eigenvalue weighted by atomic mass is 10.2. The van der Waals surface area contributed by atoms with Crippen molar-refractivity contribution in [3.8, 4) is 0 Å². The second kappa shape index (κ2) is 3.08. The third-order valence-electron chi connectivity index (χ3n) is 2.55. The molecule has 0 amide bonds. The van der Waals surface area contributed by atoms with E-state index in [0.29, 0.717) is 0 Å². The Balaban J connectivity index is 2.85. The molecule has 0 aliphatic rings. The van der Waals surface area contributed by atoms with E-state index in [2.05, 4.69) is 34.4 Å². The van der Waals surface area contributed by atoms with Crippen molar-refractivity contribution in [3.63, 3.8) is 0 Å². The zero-order chi connectivity index (χ0) is 10.3. The molecule has 0 saturated carbocycles. The second-order valence-electron chi connectivity index (χ2n) is 3.69. The maximum absolute atomic E-state index is 4.57. The monoisotopic (exact) mass is 189 g/mol. The highest BCUT2D eigenvalue weighted by molar-refractivity contribution is 5.75. The van der Waals surface area contributed by atoms with Gasteiger partial charge in [0.15, 0.2) is 5.65 Å². The Hall–Kier alpha value is -1.38.